The molecule has 6 heteroatoms. The Morgan fingerprint density at radius 3 is 1.15 bits per heavy atom. The molecule has 0 bridgehead atoms. The van der Waals surface area contributed by atoms with Gasteiger partial charge in [0, 0.05) is 0 Å². The monoisotopic (exact) mass is 360 g/mol. The fourth-order valence-corrected chi connectivity index (χ4v) is 3.11. The summed E-state index contributed by atoms with van der Waals surface area (Å²) < 4.78 is 11.1. The molecule has 4 N–H and O–H groups in total. The number of hydrogen-bond acceptors (Lipinski definition) is 6. The summed E-state index contributed by atoms with van der Waals surface area (Å²) in [6, 6.07) is 18.5. The van der Waals surface area contributed by atoms with E-state index >= 15 is 0 Å². The van der Waals surface area contributed by atoms with E-state index in [0.717, 1.165) is 11.1 Å². The van der Waals surface area contributed by atoms with E-state index in [1.54, 1.807) is 0 Å². The van der Waals surface area contributed by atoms with E-state index in [9.17, 15) is 20.4 Å². The summed E-state index contributed by atoms with van der Waals surface area (Å²) in [6.45, 7) is 0.295. The van der Waals surface area contributed by atoms with Gasteiger partial charge >= 0.3 is 0 Å². The minimum absolute atomic E-state index is 0.147. The van der Waals surface area contributed by atoms with E-state index in [-0.39, 0.29) is 13.2 Å². The summed E-state index contributed by atoms with van der Waals surface area (Å²) in [7, 11) is 0. The van der Waals surface area contributed by atoms with Crippen LogP contribution < -0.4 is 0 Å². The maximum absolute atomic E-state index is 10.3. The van der Waals surface area contributed by atoms with Gasteiger partial charge in [0.2, 0.25) is 0 Å². The Morgan fingerprint density at radius 2 is 0.846 bits per heavy atom. The molecule has 6 nitrogen and oxygen atoms in total. The average molecular weight is 360 g/mol. The fourth-order valence-electron chi connectivity index (χ4n) is 3.11. The highest BCUT2D eigenvalue weighted by atomic mass is 16.5. The van der Waals surface area contributed by atoms with E-state index < -0.39 is 36.6 Å². The molecule has 1 aliphatic carbocycles. The minimum atomic E-state index is -1.38. The van der Waals surface area contributed by atoms with E-state index in [0.29, 0.717) is 0 Å². The van der Waals surface area contributed by atoms with Gasteiger partial charge in [0.25, 0.3) is 0 Å². The van der Waals surface area contributed by atoms with Gasteiger partial charge in [-0.25, -0.2) is 0 Å². The van der Waals surface area contributed by atoms with E-state index in [4.69, 9.17) is 9.47 Å². The quantitative estimate of drug-likeness (QED) is 0.603. The van der Waals surface area contributed by atoms with Crippen molar-refractivity contribution in [2.45, 2.75) is 49.8 Å². The summed E-state index contributed by atoms with van der Waals surface area (Å²) in [5.41, 5.74) is 1.72. The van der Waals surface area contributed by atoms with Crippen LogP contribution in [0.2, 0.25) is 0 Å². The zero-order valence-electron chi connectivity index (χ0n) is 14.3. The molecule has 0 unspecified atom stereocenters. The predicted octanol–water partition coefficient (Wildman–Crippen LogP) is 0.614. The highest BCUT2D eigenvalue weighted by Crippen LogP contribution is 2.27. The molecular weight excluding hydrogens is 336 g/mol. The third-order valence-corrected chi connectivity index (χ3v) is 4.62. The second-order valence-corrected chi connectivity index (χ2v) is 6.48. The second-order valence-electron chi connectivity index (χ2n) is 6.48. The normalized spacial score (nSPS) is 31.7. The Hall–Kier alpha value is -1.80. The molecule has 2 aromatic rings. The molecule has 1 aliphatic rings. The van der Waals surface area contributed by atoms with Gasteiger partial charge in [-0.15, -0.1) is 0 Å². The van der Waals surface area contributed by atoms with Gasteiger partial charge in [-0.3, -0.25) is 0 Å². The van der Waals surface area contributed by atoms with Gasteiger partial charge in [-0.05, 0) is 11.1 Å². The van der Waals surface area contributed by atoms with Gasteiger partial charge in [0.1, 0.15) is 36.6 Å². The van der Waals surface area contributed by atoms with Crippen molar-refractivity contribution in [3.05, 3.63) is 71.8 Å². The molecule has 0 aromatic heterocycles. The lowest BCUT2D eigenvalue weighted by molar-refractivity contribution is -0.250. The Kier molecular flexibility index (Phi) is 6.37. The summed E-state index contributed by atoms with van der Waals surface area (Å²) in [6.07, 6.45) is -7.74. The average Bonchev–Trinajstić information content (AvgIpc) is 2.68. The van der Waals surface area contributed by atoms with Gasteiger partial charge in [0.05, 0.1) is 13.2 Å². The Morgan fingerprint density at radius 1 is 0.538 bits per heavy atom. The zero-order chi connectivity index (χ0) is 18.5. The molecule has 1 fully saturated rings. The number of aliphatic hydroxyl groups excluding tert-OH is 4. The first kappa shape index (κ1) is 19.0. The molecule has 2 aromatic carbocycles. The Labute approximate surface area is 152 Å². The molecule has 6 atom stereocenters. The van der Waals surface area contributed by atoms with Crippen LogP contribution in [0.1, 0.15) is 11.1 Å². The first-order chi connectivity index (χ1) is 12.6. The second kappa shape index (κ2) is 8.73. The largest absolute Gasteiger partial charge is 0.387 e. The molecular formula is C20H24O6. The smallest absolute Gasteiger partial charge is 0.115 e. The molecule has 0 aliphatic heterocycles. The summed E-state index contributed by atoms with van der Waals surface area (Å²) in [4.78, 5) is 0. The lowest BCUT2D eigenvalue weighted by Crippen LogP contribution is -2.64. The molecule has 140 valence electrons. The van der Waals surface area contributed by atoms with Crippen LogP contribution >= 0.6 is 0 Å². The fraction of sp³-hybridized carbons (Fsp3) is 0.400. The maximum atomic E-state index is 10.3. The van der Waals surface area contributed by atoms with Gasteiger partial charge < -0.3 is 29.9 Å². The third-order valence-electron chi connectivity index (χ3n) is 4.62. The van der Waals surface area contributed by atoms with Crippen LogP contribution in [-0.2, 0) is 22.7 Å². The molecule has 26 heavy (non-hydrogen) atoms. The Balaban J connectivity index is 1.62. The SMILES string of the molecule is O[C@@H]1[C@@H](O)[C@H](OCc2ccccc2)[C@@H](O)[C@H](O)[C@@H]1OCc1ccccc1. The van der Waals surface area contributed by atoms with Crippen LogP contribution in [0.5, 0.6) is 0 Å². The van der Waals surface area contributed by atoms with Gasteiger partial charge in [-0.1, -0.05) is 60.7 Å². The standard InChI is InChI=1S/C20H24O6/c21-15-17(23)20(26-12-14-9-5-2-6-10-14)18(24)16(22)19(15)25-11-13-7-3-1-4-8-13/h1-10,15-24H,11-12H2/t15-,16+,17-,18+,19-,20+. The van der Waals surface area contributed by atoms with Crippen LogP contribution in [0.3, 0.4) is 0 Å². The van der Waals surface area contributed by atoms with Crippen molar-refractivity contribution in [2.75, 3.05) is 0 Å². The van der Waals surface area contributed by atoms with Crippen molar-refractivity contribution in [3.63, 3.8) is 0 Å². The molecule has 0 radical (unpaired) electrons. The van der Waals surface area contributed by atoms with E-state index in [1.165, 1.54) is 0 Å². The van der Waals surface area contributed by atoms with Crippen molar-refractivity contribution >= 4 is 0 Å². The van der Waals surface area contributed by atoms with Crippen LogP contribution in [0.15, 0.2) is 60.7 Å². The van der Waals surface area contributed by atoms with Crippen molar-refractivity contribution in [1.82, 2.24) is 0 Å². The Bertz CT molecular complexity index is 589. The molecule has 0 spiro atoms. The molecule has 3 rings (SSSR count). The first-order valence-electron chi connectivity index (χ1n) is 8.61. The lowest BCUT2D eigenvalue weighted by atomic mass is 9.84. The van der Waals surface area contributed by atoms with Gasteiger partial charge in [0.15, 0.2) is 0 Å². The zero-order valence-corrected chi connectivity index (χ0v) is 14.3. The lowest BCUT2D eigenvalue weighted by Gasteiger charge is -2.43. The van der Waals surface area contributed by atoms with Crippen molar-refractivity contribution < 1.29 is 29.9 Å². The van der Waals surface area contributed by atoms with E-state index in [2.05, 4.69) is 0 Å². The van der Waals surface area contributed by atoms with Crippen molar-refractivity contribution in [3.8, 4) is 0 Å². The number of benzene rings is 2. The number of ether oxygens (including phenoxy) is 2. The summed E-state index contributed by atoms with van der Waals surface area (Å²) in [5.74, 6) is 0. The van der Waals surface area contributed by atoms with Crippen LogP contribution in [0.25, 0.3) is 0 Å². The molecule has 0 amide bonds. The van der Waals surface area contributed by atoms with Crippen molar-refractivity contribution in [1.29, 1.82) is 0 Å². The van der Waals surface area contributed by atoms with Crippen LogP contribution in [0.4, 0.5) is 0 Å². The summed E-state index contributed by atoms with van der Waals surface area (Å²) >= 11 is 0. The molecule has 1 saturated carbocycles. The summed E-state index contributed by atoms with van der Waals surface area (Å²) in [5, 5.41) is 41.4. The highest BCUT2D eigenvalue weighted by molar-refractivity contribution is 5.15. The number of rotatable bonds is 6. The minimum Gasteiger partial charge on any atom is -0.387 e. The predicted molar refractivity (Wildman–Crippen MR) is 94.1 cm³/mol. The third kappa shape index (κ3) is 4.29. The first-order valence-corrected chi connectivity index (χ1v) is 8.61. The number of aliphatic hydroxyl groups is 4. The van der Waals surface area contributed by atoms with Crippen LogP contribution in [-0.4, -0.2) is 57.0 Å². The maximum Gasteiger partial charge on any atom is 0.115 e. The van der Waals surface area contributed by atoms with Crippen molar-refractivity contribution in [2.24, 2.45) is 0 Å². The highest BCUT2D eigenvalue weighted by Gasteiger charge is 2.50. The van der Waals surface area contributed by atoms with Crippen LogP contribution in [0, 0.1) is 0 Å². The molecule has 0 heterocycles. The topological polar surface area (TPSA) is 99.4 Å². The number of hydrogen-bond donors (Lipinski definition) is 4. The van der Waals surface area contributed by atoms with Gasteiger partial charge in [-0.2, -0.15) is 0 Å². The molecule has 0 saturated heterocycles. The van der Waals surface area contributed by atoms with E-state index in [1.807, 2.05) is 60.7 Å².